The predicted octanol–water partition coefficient (Wildman–Crippen LogP) is 4.29. The SMILES string of the molecule is CC(=O)/C=C\C/C=C/CCCCC(C)C. The van der Waals surface area contributed by atoms with Crippen molar-refractivity contribution in [2.45, 2.75) is 52.9 Å². The molecule has 86 valence electrons. The molecule has 0 aliphatic carbocycles. The minimum Gasteiger partial charge on any atom is -0.295 e. The smallest absolute Gasteiger partial charge is 0.152 e. The Hall–Kier alpha value is -0.850. The van der Waals surface area contributed by atoms with Gasteiger partial charge in [-0.15, -0.1) is 0 Å². The first-order valence-corrected chi connectivity index (χ1v) is 5.95. The largest absolute Gasteiger partial charge is 0.295 e. The predicted molar refractivity (Wildman–Crippen MR) is 66.9 cm³/mol. The maximum absolute atomic E-state index is 10.6. The first-order valence-electron chi connectivity index (χ1n) is 5.95. The minimum absolute atomic E-state index is 0.125. The Balaban J connectivity index is 3.28. The maximum atomic E-state index is 10.6. The molecular formula is C14H24O. The van der Waals surface area contributed by atoms with Crippen molar-refractivity contribution in [3.8, 4) is 0 Å². The van der Waals surface area contributed by atoms with Gasteiger partial charge in [0.1, 0.15) is 0 Å². The van der Waals surface area contributed by atoms with Gasteiger partial charge in [-0.3, -0.25) is 4.79 Å². The third kappa shape index (κ3) is 13.2. The number of carbonyl (C=O) groups is 1. The van der Waals surface area contributed by atoms with Crippen LogP contribution in [0.15, 0.2) is 24.3 Å². The number of carbonyl (C=O) groups excluding carboxylic acids is 1. The van der Waals surface area contributed by atoms with Crippen LogP contribution in [0.5, 0.6) is 0 Å². The Bertz CT molecular complexity index is 211. The third-order valence-electron chi connectivity index (χ3n) is 2.19. The second-order valence-corrected chi connectivity index (χ2v) is 4.40. The zero-order valence-corrected chi connectivity index (χ0v) is 10.3. The van der Waals surface area contributed by atoms with Crippen LogP contribution in [0.2, 0.25) is 0 Å². The summed E-state index contributed by atoms with van der Waals surface area (Å²) in [7, 11) is 0. The first kappa shape index (κ1) is 14.2. The van der Waals surface area contributed by atoms with E-state index in [0.717, 1.165) is 12.3 Å². The molecule has 0 saturated carbocycles. The molecule has 1 heteroatoms. The fourth-order valence-electron chi connectivity index (χ4n) is 1.34. The van der Waals surface area contributed by atoms with E-state index < -0.39 is 0 Å². The lowest BCUT2D eigenvalue weighted by molar-refractivity contribution is -0.112. The van der Waals surface area contributed by atoms with Crippen LogP contribution in [-0.4, -0.2) is 5.78 Å². The Morgan fingerprint density at radius 3 is 2.47 bits per heavy atom. The van der Waals surface area contributed by atoms with Gasteiger partial charge < -0.3 is 0 Å². The van der Waals surface area contributed by atoms with E-state index in [1.807, 2.05) is 6.08 Å². The van der Waals surface area contributed by atoms with Crippen molar-refractivity contribution in [3.05, 3.63) is 24.3 Å². The van der Waals surface area contributed by atoms with Gasteiger partial charge in [-0.2, -0.15) is 0 Å². The summed E-state index contributed by atoms with van der Waals surface area (Å²) in [5.41, 5.74) is 0. The first-order chi connectivity index (χ1) is 7.13. The molecule has 0 heterocycles. The van der Waals surface area contributed by atoms with Gasteiger partial charge in [0.05, 0.1) is 0 Å². The molecule has 0 aliphatic heterocycles. The Morgan fingerprint density at radius 1 is 1.13 bits per heavy atom. The van der Waals surface area contributed by atoms with Crippen LogP contribution in [0.1, 0.15) is 52.9 Å². The number of unbranched alkanes of at least 4 members (excludes halogenated alkanes) is 2. The highest BCUT2D eigenvalue weighted by Gasteiger charge is 1.91. The summed E-state index contributed by atoms with van der Waals surface area (Å²) in [5, 5.41) is 0. The average molecular weight is 208 g/mol. The van der Waals surface area contributed by atoms with Crippen LogP contribution in [0.3, 0.4) is 0 Å². The van der Waals surface area contributed by atoms with E-state index in [-0.39, 0.29) is 5.78 Å². The second-order valence-electron chi connectivity index (χ2n) is 4.40. The molecule has 0 aromatic rings. The molecule has 0 fully saturated rings. The highest BCUT2D eigenvalue weighted by Crippen LogP contribution is 2.08. The van der Waals surface area contributed by atoms with Gasteiger partial charge in [-0.25, -0.2) is 0 Å². The van der Waals surface area contributed by atoms with E-state index in [0.29, 0.717) is 0 Å². The summed E-state index contributed by atoms with van der Waals surface area (Å²) in [4.78, 5) is 10.6. The molecule has 0 N–H and O–H groups in total. The van der Waals surface area contributed by atoms with E-state index in [1.165, 1.54) is 25.7 Å². The molecule has 1 nitrogen and oxygen atoms in total. The molecular weight excluding hydrogens is 184 g/mol. The standard InChI is InChI=1S/C14H24O/c1-13(2)11-9-7-5-4-6-8-10-12-14(3)15/h4,6,10,12-13H,5,7-9,11H2,1-3H3/b6-4+,12-10-. The second kappa shape index (κ2) is 9.70. The van der Waals surface area contributed by atoms with Crippen molar-refractivity contribution >= 4 is 5.78 Å². The van der Waals surface area contributed by atoms with Crippen molar-refractivity contribution in [1.82, 2.24) is 0 Å². The summed E-state index contributed by atoms with van der Waals surface area (Å²) in [6.45, 7) is 6.11. The highest BCUT2D eigenvalue weighted by atomic mass is 16.1. The number of hydrogen-bond donors (Lipinski definition) is 0. The van der Waals surface area contributed by atoms with Crippen LogP contribution < -0.4 is 0 Å². The third-order valence-corrected chi connectivity index (χ3v) is 2.19. The lowest BCUT2D eigenvalue weighted by Gasteiger charge is -2.01. The van der Waals surface area contributed by atoms with Gasteiger partial charge in [0.15, 0.2) is 5.78 Å². The zero-order valence-electron chi connectivity index (χ0n) is 10.3. The molecule has 0 aromatic heterocycles. The monoisotopic (exact) mass is 208 g/mol. The summed E-state index contributed by atoms with van der Waals surface area (Å²) >= 11 is 0. The van der Waals surface area contributed by atoms with Crippen molar-refractivity contribution in [2.24, 2.45) is 5.92 Å². The number of hydrogen-bond acceptors (Lipinski definition) is 1. The van der Waals surface area contributed by atoms with Gasteiger partial charge in [0.25, 0.3) is 0 Å². The van der Waals surface area contributed by atoms with Crippen LogP contribution in [0.25, 0.3) is 0 Å². The van der Waals surface area contributed by atoms with Crippen molar-refractivity contribution in [3.63, 3.8) is 0 Å². The van der Waals surface area contributed by atoms with Gasteiger partial charge in [-0.05, 0) is 38.2 Å². The number of rotatable bonds is 8. The van der Waals surface area contributed by atoms with E-state index in [1.54, 1.807) is 13.0 Å². The molecule has 0 amide bonds. The molecule has 0 spiro atoms. The lowest BCUT2D eigenvalue weighted by atomic mass is 10.1. The van der Waals surface area contributed by atoms with Gasteiger partial charge in [0, 0.05) is 0 Å². The van der Waals surface area contributed by atoms with Crippen LogP contribution >= 0.6 is 0 Å². The molecule has 0 radical (unpaired) electrons. The quantitative estimate of drug-likeness (QED) is 0.330. The fraction of sp³-hybridized carbons (Fsp3) is 0.643. The molecule has 15 heavy (non-hydrogen) atoms. The molecule has 0 aromatic carbocycles. The summed E-state index contributed by atoms with van der Waals surface area (Å²) in [6.07, 6.45) is 13.9. The molecule has 0 unspecified atom stereocenters. The minimum atomic E-state index is 0.125. The molecule has 0 bridgehead atoms. The summed E-state index contributed by atoms with van der Waals surface area (Å²) < 4.78 is 0. The van der Waals surface area contributed by atoms with Gasteiger partial charge in [0.2, 0.25) is 0 Å². The Labute approximate surface area is 94.3 Å². The molecule has 0 atom stereocenters. The topological polar surface area (TPSA) is 17.1 Å². The zero-order chi connectivity index (χ0) is 11.5. The number of ketones is 1. The van der Waals surface area contributed by atoms with Gasteiger partial charge >= 0.3 is 0 Å². The normalized spacial score (nSPS) is 12.0. The van der Waals surface area contributed by atoms with Crippen molar-refractivity contribution < 1.29 is 4.79 Å². The van der Waals surface area contributed by atoms with E-state index in [2.05, 4.69) is 26.0 Å². The average Bonchev–Trinajstić information content (AvgIpc) is 2.14. The lowest BCUT2D eigenvalue weighted by Crippen LogP contribution is -1.85. The van der Waals surface area contributed by atoms with Crippen LogP contribution in [0.4, 0.5) is 0 Å². The Morgan fingerprint density at radius 2 is 1.87 bits per heavy atom. The highest BCUT2D eigenvalue weighted by molar-refractivity contribution is 5.87. The van der Waals surface area contributed by atoms with Crippen LogP contribution in [-0.2, 0) is 4.79 Å². The van der Waals surface area contributed by atoms with E-state index in [9.17, 15) is 4.79 Å². The van der Waals surface area contributed by atoms with Crippen molar-refractivity contribution in [2.75, 3.05) is 0 Å². The Kier molecular flexibility index (Phi) is 9.15. The summed E-state index contributed by atoms with van der Waals surface area (Å²) in [6, 6.07) is 0. The molecule has 0 rings (SSSR count). The maximum Gasteiger partial charge on any atom is 0.152 e. The van der Waals surface area contributed by atoms with Gasteiger partial charge in [-0.1, -0.05) is 44.9 Å². The van der Waals surface area contributed by atoms with E-state index >= 15 is 0 Å². The summed E-state index contributed by atoms with van der Waals surface area (Å²) in [5.74, 6) is 0.952. The van der Waals surface area contributed by atoms with E-state index in [4.69, 9.17) is 0 Å². The molecule has 0 saturated heterocycles. The van der Waals surface area contributed by atoms with Crippen LogP contribution in [0, 0.1) is 5.92 Å². The number of allylic oxidation sites excluding steroid dienone is 4. The van der Waals surface area contributed by atoms with Crippen molar-refractivity contribution in [1.29, 1.82) is 0 Å². The molecule has 0 aliphatic rings. The fourth-order valence-corrected chi connectivity index (χ4v) is 1.34.